The molecule has 4 aromatic heterocycles. The standard InChI is InChI=1S/C23H24N10O/c1-3-32-11-16(8-27-32)19-13-33-23(30-19)21(17(9-28-33)22(25)34)29-18-12-31(10-14(18)2)20-5-4-15(6-24)7-26-20/h4-5,7-9,11,13-14,18,29H,3,10,12H2,1-2H3,(H2,25,34)/t14-,18-/m1/s1. The average Bonchev–Trinajstić information content (AvgIpc) is 3.57. The van der Waals surface area contributed by atoms with E-state index in [1.807, 2.05) is 30.1 Å². The number of nitrogens with two attached hydrogens (primary N) is 1. The average molecular weight is 457 g/mol. The first-order valence-electron chi connectivity index (χ1n) is 11.1. The van der Waals surface area contributed by atoms with Gasteiger partial charge in [-0.25, -0.2) is 14.5 Å². The van der Waals surface area contributed by atoms with Gasteiger partial charge in [-0.2, -0.15) is 15.5 Å². The lowest BCUT2D eigenvalue weighted by molar-refractivity contribution is 0.100. The van der Waals surface area contributed by atoms with Crippen molar-refractivity contribution in [2.24, 2.45) is 11.7 Å². The van der Waals surface area contributed by atoms with Crippen LogP contribution in [0.5, 0.6) is 0 Å². The summed E-state index contributed by atoms with van der Waals surface area (Å²) in [5, 5.41) is 21.2. The lowest BCUT2D eigenvalue weighted by atomic mass is 10.1. The second-order valence-electron chi connectivity index (χ2n) is 8.43. The smallest absolute Gasteiger partial charge is 0.252 e. The zero-order chi connectivity index (χ0) is 23.8. The van der Waals surface area contributed by atoms with Gasteiger partial charge in [0.05, 0.1) is 41.1 Å². The summed E-state index contributed by atoms with van der Waals surface area (Å²) in [6.45, 7) is 6.36. The number of hydrogen-bond acceptors (Lipinski definition) is 8. The molecule has 1 saturated heterocycles. The Morgan fingerprint density at radius 1 is 1.24 bits per heavy atom. The molecule has 11 nitrogen and oxygen atoms in total. The van der Waals surface area contributed by atoms with Crippen molar-refractivity contribution in [3.63, 3.8) is 0 Å². The fourth-order valence-electron chi connectivity index (χ4n) is 4.24. The van der Waals surface area contributed by atoms with Gasteiger partial charge < -0.3 is 16.0 Å². The molecule has 5 rings (SSSR count). The maximum Gasteiger partial charge on any atom is 0.252 e. The monoisotopic (exact) mass is 456 g/mol. The maximum atomic E-state index is 12.2. The molecule has 0 bridgehead atoms. The fourth-order valence-corrected chi connectivity index (χ4v) is 4.24. The Morgan fingerprint density at radius 2 is 2.09 bits per heavy atom. The number of hydrogen-bond donors (Lipinski definition) is 2. The first kappa shape index (κ1) is 21.4. The van der Waals surface area contributed by atoms with Gasteiger partial charge >= 0.3 is 0 Å². The van der Waals surface area contributed by atoms with Crippen molar-refractivity contribution in [1.29, 1.82) is 5.26 Å². The number of nitrogens with one attached hydrogen (secondary N) is 1. The molecule has 1 aliphatic heterocycles. The molecular formula is C23H24N10O. The number of amides is 1. The number of anilines is 2. The number of carbonyl (C=O) groups is 1. The lowest BCUT2D eigenvalue weighted by Crippen LogP contribution is -2.30. The SMILES string of the molecule is CCn1cc(-c2cn3ncc(C(N)=O)c(N[C@@H]4CN(c5ccc(C#N)cn5)C[C@H]4C)c3n2)cn1. The summed E-state index contributed by atoms with van der Waals surface area (Å²) in [7, 11) is 0. The largest absolute Gasteiger partial charge is 0.376 e. The highest BCUT2D eigenvalue weighted by Gasteiger charge is 2.32. The van der Waals surface area contributed by atoms with Gasteiger partial charge in [0.25, 0.3) is 5.91 Å². The van der Waals surface area contributed by atoms with Gasteiger partial charge in [-0.3, -0.25) is 9.48 Å². The first-order chi connectivity index (χ1) is 16.5. The van der Waals surface area contributed by atoms with Crippen LogP contribution in [0.3, 0.4) is 0 Å². The number of rotatable bonds is 6. The van der Waals surface area contributed by atoms with E-state index in [0.29, 0.717) is 29.1 Å². The minimum absolute atomic E-state index is 0.0183. The number of pyridine rings is 1. The normalized spacial score (nSPS) is 17.7. The van der Waals surface area contributed by atoms with Gasteiger partial charge in [-0.05, 0) is 25.0 Å². The van der Waals surface area contributed by atoms with Crippen LogP contribution in [-0.2, 0) is 6.54 Å². The minimum Gasteiger partial charge on any atom is -0.376 e. The fraction of sp³-hybridized carbons (Fsp3) is 0.304. The van der Waals surface area contributed by atoms with E-state index in [2.05, 4.69) is 38.4 Å². The molecule has 34 heavy (non-hydrogen) atoms. The first-order valence-corrected chi connectivity index (χ1v) is 11.1. The zero-order valence-corrected chi connectivity index (χ0v) is 18.9. The third-order valence-corrected chi connectivity index (χ3v) is 6.15. The Balaban J connectivity index is 1.47. The second kappa shape index (κ2) is 8.47. The molecule has 0 aromatic carbocycles. The molecule has 1 amide bonds. The molecule has 172 valence electrons. The molecular weight excluding hydrogens is 432 g/mol. The van der Waals surface area contributed by atoms with E-state index < -0.39 is 5.91 Å². The summed E-state index contributed by atoms with van der Waals surface area (Å²) in [5.41, 5.74) is 9.15. The van der Waals surface area contributed by atoms with Crippen LogP contribution in [0.15, 0.2) is 43.1 Å². The third-order valence-electron chi connectivity index (χ3n) is 6.15. The molecule has 11 heteroatoms. The zero-order valence-electron chi connectivity index (χ0n) is 18.9. The predicted molar refractivity (Wildman–Crippen MR) is 126 cm³/mol. The summed E-state index contributed by atoms with van der Waals surface area (Å²) in [6, 6.07) is 5.72. The Morgan fingerprint density at radius 3 is 2.76 bits per heavy atom. The van der Waals surface area contributed by atoms with Crippen LogP contribution in [0, 0.1) is 17.2 Å². The highest BCUT2D eigenvalue weighted by atomic mass is 16.1. The maximum absolute atomic E-state index is 12.2. The number of primary amides is 1. The van der Waals surface area contributed by atoms with Crippen molar-refractivity contribution < 1.29 is 4.79 Å². The van der Waals surface area contributed by atoms with Crippen LogP contribution in [0.2, 0.25) is 0 Å². The van der Waals surface area contributed by atoms with E-state index in [0.717, 1.165) is 24.5 Å². The molecule has 0 spiro atoms. The summed E-state index contributed by atoms with van der Waals surface area (Å²) < 4.78 is 3.47. The Bertz CT molecular complexity index is 1400. The number of carbonyl (C=O) groups excluding carboxylic acids is 1. The number of imidazole rings is 1. The van der Waals surface area contributed by atoms with E-state index in [9.17, 15) is 4.79 Å². The molecule has 0 aliphatic carbocycles. The van der Waals surface area contributed by atoms with Crippen molar-refractivity contribution in [1.82, 2.24) is 29.4 Å². The highest BCUT2D eigenvalue weighted by Crippen LogP contribution is 2.30. The molecule has 3 N–H and O–H groups in total. The molecule has 4 aromatic rings. The van der Waals surface area contributed by atoms with Crippen molar-refractivity contribution in [2.75, 3.05) is 23.3 Å². The van der Waals surface area contributed by atoms with Crippen molar-refractivity contribution in [3.05, 3.63) is 54.2 Å². The Labute approximate surface area is 195 Å². The van der Waals surface area contributed by atoms with Crippen molar-refractivity contribution in [3.8, 4) is 17.3 Å². The molecule has 5 heterocycles. The van der Waals surface area contributed by atoms with Gasteiger partial charge in [-0.1, -0.05) is 6.92 Å². The van der Waals surface area contributed by atoms with E-state index >= 15 is 0 Å². The van der Waals surface area contributed by atoms with Crippen LogP contribution >= 0.6 is 0 Å². The molecule has 0 unspecified atom stereocenters. The number of aromatic nitrogens is 6. The van der Waals surface area contributed by atoms with E-state index in [1.165, 1.54) is 6.20 Å². The second-order valence-corrected chi connectivity index (χ2v) is 8.43. The van der Waals surface area contributed by atoms with Crippen molar-refractivity contribution in [2.45, 2.75) is 26.4 Å². The number of nitrogens with zero attached hydrogens (tertiary/aromatic N) is 8. The minimum atomic E-state index is -0.572. The van der Waals surface area contributed by atoms with Gasteiger partial charge in [0.2, 0.25) is 0 Å². The highest BCUT2D eigenvalue weighted by molar-refractivity contribution is 6.01. The van der Waals surface area contributed by atoms with Gasteiger partial charge in [0.1, 0.15) is 11.9 Å². The van der Waals surface area contributed by atoms with Crippen LogP contribution in [0.4, 0.5) is 11.5 Å². The number of aryl methyl sites for hydroxylation is 1. The topological polar surface area (TPSA) is 143 Å². The Hall–Kier alpha value is -4.46. The molecule has 1 aliphatic rings. The van der Waals surface area contributed by atoms with E-state index in [4.69, 9.17) is 16.0 Å². The molecule has 0 saturated carbocycles. The predicted octanol–water partition coefficient (Wildman–Crippen LogP) is 1.92. The van der Waals surface area contributed by atoms with Crippen LogP contribution in [0.1, 0.15) is 29.8 Å². The van der Waals surface area contributed by atoms with Crippen LogP contribution in [0.25, 0.3) is 16.9 Å². The summed E-state index contributed by atoms with van der Waals surface area (Å²) in [4.78, 5) is 23.6. The molecule has 2 atom stereocenters. The van der Waals surface area contributed by atoms with Gasteiger partial charge in [-0.15, -0.1) is 0 Å². The summed E-state index contributed by atoms with van der Waals surface area (Å²) in [5.74, 6) is 0.488. The van der Waals surface area contributed by atoms with Gasteiger partial charge in [0.15, 0.2) is 5.65 Å². The van der Waals surface area contributed by atoms with E-state index in [-0.39, 0.29) is 17.5 Å². The van der Waals surface area contributed by atoms with Gasteiger partial charge in [0, 0.05) is 43.6 Å². The third kappa shape index (κ3) is 3.79. The van der Waals surface area contributed by atoms with Crippen LogP contribution < -0.4 is 16.0 Å². The quantitative estimate of drug-likeness (QED) is 0.448. The Kier molecular flexibility index (Phi) is 5.33. The van der Waals surface area contributed by atoms with Crippen molar-refractivity contribution >= 4 is 23.1 Å². The number of fused-ring (bicyclic) bond motifs is 1. The number of nitriles is 1. The lowest BCUT2D eigenvalue weighted by Gasteiger charge is -2.20. The molecule has 1 fully saturated rings. The van der Waals surface area contributed by atoms with E-state index in [1.54, 1.807) is 23.0 Å². The molecule has 0 radical (unpaired) electrons. The summed E-state index contributed by atoms with van der Waals surface area (Å²) >= 11 is 0. The summed E-state index contributed by atoms with van der Waals surface area (Å²) in [6.07, 6.45) is 8.54. The van der Waals surface area contributed by atoms with Crippen LogP contribution in [-0.4, -0.2) is 54.4 Å².